The molecule has 1 aromatic heterocycles. The standard InChI is InChI=1S/C13H21N2.CH3.W/c1-6-11-8-13(15(4)5)9-12(14-11)7-10(2)3;;/h6,8-10H,7H2,1-5H3;1H3;/q2*-1;+2. The minimum absolute atomic E-state index is 0. The van der Waals surface area contributed by atoms with Crippen molar-refractivity contribution >= 4 is 5.69 Å². The fourth-order valence-corrected chi connectivity index (χ4v) is 1.52. The molecule has 0 aliphatic rings. The molecule has 0 radical (unpaired) electrons. The zero-order valence-corrected chi connectivity index (χ0v) is 14.8. The summed E-state index contributed by atoms with van der Waals surface area (Å²) in [5.41, 5.74) is 3.48. The number of nitrogens with zero attached hydrogens (tertiary/aromatic N) is 2. The van der Waals surface area contributed by atoms with E-state index in [4.69, 9.17) is 0 Å². The van der Waals surface area contributed by atoms with Crippen LogP contribution >= 0.6 is 0 Å². The molecule has 0 atom stereocenters. The monoisotopic (exact) mass is 404 g/mol. The molecular weight excluding hydrogens is 380 g/mol. The average Bonchev–Trinajstić information content (AvgIpc) is 2.16. The molecule has 17 heavy (non-hydrogen) atoms. The van der Waals surface area contributed by atoms with Gasteiger partial charge in [-0.3, -0.25) is 4.98 Å². The molecule has 0 aromatic carbocycles. The van der Waals surface area contributed by atoms with Gasteiger partial charge in [-0.15, -0.1) is 6.92 Å². The Bertz CT molecular complexity index is 322. The Balaban J connectivity index is 0. The normalized spacial score (nSPS) is 9.29. The molecule has 0 spiro atoms. The quantitative estimate of drug-likeness (QED) is 0.716. The van der Waals surface area contributed by atoms with Crippen LogP contribution < -0.4 is 4.90 Å². The van der Waals surface area contributed by atoms with Crippen LogP contribution in [0.15, 0.2) is 12.1 Å². The molecule has 3 heteroatoms. The molecule has 1 aromatic rings. The number of rotatable bonds is 4. The molecule has 2 nitrogen and oxygen atoms in total. The maximum absolute atomic E-state index is 4.59. The molecule has 0 aliphatic heterocycles. The minimum atomic E-state index is 0. The summed E-state index contributed by atoms with van der Waals surface area (Å²) in [6, 6.07) is 4.29. The third-order valence-electron chi connectivity index (χ3n) is 2.31. The molecule has 0 aliphatic carbocycles. The van der Waals surface area contributed by atoms with Gasteiger partial charge in [0.25, 0.3) is 0 Å². The maximum atomic E-state index is 4.59. The van der Waals surface area contributed by atoms with Gasteiger partial charge in [0.1, 0.15) is 0 Å². The Labute approximate surface area is 121 Å². The molecular formula is C14H24N2W. The van der Waals surface area contributed by atoms with E-state index in [0.717, 1.165) is 12.1 Å². The van der Waals surface area contributed by atoms with Crippen LogP contribution in [0.4, 0.5) is 5.69 Å². The molecule has 0 saturated heterocycles. The molecule has 96 valence electrons. The Hall–Kier alpha value is -0.492. The molecule has 0 amide bonds. The predicted molar refractivity (Wildman–Crippen MR) is 72.6 cm³/mol. The van der Waals surface area contributed by atoms with Gasteiger partial charge in [0.05, 0.1) is 0 Å². The third kappa shape index (κ3) is 6.12. The van der Waals surface area contributed by atoms with E-state index in [-0.39, 0.29) is 28.5 Å². The smallest absolute Gasteiger partial charge is 0.393 e. The van der Waals surface area contributed by atoms with E-state index >= 15 is 0 Å². The summed E-state index contributed by atoms with van der Waals surface area (Å²) < 4.78 is 0. The van der Waals surface area contributed by atoms with Crippen molar-refractivity contribution < 1.29 is 21.1 Å². The summed E-state index contributed by atoms with van der Waals surface area (Å²) >= 11 is 0. The van der Waals surface area contributed by atoms with Crippen molar-refractivity contribution in [2.75, 3.05) is 19.0 Å². The Morgan fingerprint density at radius 2 is 1.88 bits per heavy atom. The Kier molecular flexibility index (Phi) is 9.52. The summed E-state index contributed by atoms with van der Waals surface area (Å²) in [5, 5.41) is 0. The van der Waals surface area contributed by atoms with Gasteiger partial charge < -0.3 is 12.3 Å². The van der Waals surface area contributed by atoms with Crippen molar-refractivity contribution in [1.29, 1.82) is 0 Å². The Morgan fingerprint density at radius 3 is 2.29 bits per heavy atom. The minimum Gasteiger partial charge on any atom is -0.393 e. The van der Waals surface area contributed by atoms with Crippen LogP contribution in [0.2, 0.25) is 0 Å². The van der Waals surface area contributed by atoms with Gasteiger partial charge in [-0.2, -0.15) is 6.07 Å². The van der Waals surface area contributed by atoms with Crippen LogP contribution in [-0.4, -0.2) is 19.1 Å². The number of hydrogen-bond acceptors (Lipinski definition) is 2. The first-order valence-electron chi connectivity index (χ1n) is 5.50. The largest absolute Gasteiger partial charge is 2.00 e. The first-order chi connectivity index (χ1) is 7.02. The van der Waals surface area contributed by atoms with E-state index in [2.05, 4.69) is 56.4 Å². The van der Waals surface area contributed by atoms with Crippen LogP contribution in [0.25, 0.3) is 0 Å². The van der Waals surface area contributed by atoms with Gasteiger partial charge in [0.2, 0.25) is 0 Å². The summed E-state index contributed by atoms with van der Waals surface area (Å²) in [6.07, 6.45) is 3.10. The van der Waals surface area contributed by atoms with E-state index in [1.807, 2.05) is 6.92 Å². The van der Waals surface area contributed by atoms with Crippen LogP contribution in [0.1, 0.15) is 32.2 Å². The molecule has 0 N–H and O–H groups in total. The van der Waals surface area contributed by atoms with Crippen molar-refractivity contribution in [3.8, 4) is 0 Å². The van der Waals surface area contributed by atoms with E-state index in [0.29, 0.717) is 5.92 Å². The van der Waals surface area contributed by atoms with Crippen LogP contribution in [0.3, 0.4) is 0 Å². The van der Waals surface area contributed by atoms with Gasteiger partial charge >= 0.3 is 21.1 Å². The molecule has 1 rings (SSSR count). The van der Waals surface area contributed by atoms with Gasteiger partial charge in [-0.25, -0.2) is 6.42 Å². The zero-order chi connectivity index (χ0) is 11.4. The van der Waals surface area contributed by atoms with Crippen LogP contribution in [0.5, 0.6) is 0 Å². The molecule has 1 heterocycles. The molecule has 0 fully saturated rings. The van der Waals surface area contributed by atoms with Crippen molar-refractivity contribution in [1.82, 2.24) is 4.98 Å². The summed E-state index contributed by atoms with van der Waals surface area (Å²) in [5.74, 6) is 0.652. The maximum Gasteiger partial charge on any atom is 2.00 e. The van der Waals surface area contributed by atoms with Crippen LogP contribution in [-0.2, 0) is 27.5 Å². The fraction of sp³-hybridized carbons (Fsp3) is 0.500. The van der Waals surface area contributed by atoms with E-state index in [1.54, 1.807) is 0 Å². The Morgan fingerprint density at radius 1 is 1.29 bits per heavy atom. The first-order valence-corrected chi connectivity index (χ1v) is 5.50. The number of pyridine rings is 1. The summed E-state index contributed by atoms with van der Waals surface area (Å²) in [6.45, 7) is 6.47. The topological polar surface area (TPSA) is 16.1 Å². The summed E-state index contributed by atoms with van der Waals surface area (Å²) in [7, 11) is 4.13. The molecule has 0 unspecified atom stereocenters. The van der Waals surface area contributed by atoms with Crippen molar-refractivity contribution in [3.05, 3.63) is 37.4 Å². The van der Waals surface area contributed by atoms with E-state index < -0.39 is 0 Å². The van der Waals surface area contributed by atoms with Crippen molar-refractivity contribution in [3.63, 3.8) is 0 Å². The van der Waals surface area contributed by atoms with Gasteiger partial charge in [-0.05, 0) is 24.1 Å². The summed E-state index contributed by atoms with van der Waals surface area (Å²) in [4.78, 5) is 6.72. The van der Waals surface area contributed by atoms with Crippen LogP contribution in [0, 0.1) is 19.8 Å². The second-order valence-electron chi connectivity index (χ2n) is 4.52. The molecule has 0 saturated carbocycles. The van der Waals surface area contributed by atoms with E-state index in [1.165, 1.54) is 11.4 Å². The number of anilines is 1. The van der Waals surface area contributed by atoms with Gasteiger partial charge in [0, 0.05) is 19.8 Å². The van der Waals surface area contributed by atoms with Crippen molar-refractivity contribution in [2.45, 2.75) is 27.2 Å². The SMILES string of the molecule is C[CH-]c1cc(N(C)C)cc(CC(C)C)n1.[CH3-].[W+2]. The second kappa shape index (κ2) is 8.58. The average molecular weight is 404 g/mol. The number of aromatic nitrogens is 1. The van der Waals surface area contributed by atoms with Gasteiger partial charge in [0.15, 0.2) is 0 Å². The van der Waals surface area contributed by atoms with E-state index in [9.17, 15) is 0 Å². The predicted octanol–water partition coefficient (Wildman–Crippen LogP) is 3.37. The third-order valence-corrected chi connectivity index (χ3v) is 2.31. The van der Waals surface area contributed by atoms with Crippen molar-refractivity contribution in [2.24, 2.45) is 5.92 Å². The fourth-order valence-electron chi connectivity index (χ4n) is 1.52. The zero-order valence-electron chi connectivity index (χ0n) is 11.8. The second-order valence-corrected chi connectivity index (χ2v) is 4.52. The number of hydrogen-bond donors (Lipinski definition) is 0. The molecule has 0 bridgehead atoms. The van der Waals surface area contributed by atoms with Gasteiger partial charge in [-0.1, -0.05) is 19.5 Å². The first kappa shape index (κ1) is 18.9.